The van der Waals surface area contributed by atoms with Gasteiger partial charge in [-0.15, -0.1) is 0 Å². The van der Waals surface area contributed by atoms with Gasteiger partial charge in [0.15, 0.2) is 0 Å². The maximum absolute atomic E-state index is 11.8. The fourth-order valence-corrected chi connectivity index (χ4v) is 3.92. The number of likely N-dealkylation sites (N-methyl/N-ethyl adjacent to an activating group) is 1. The zero-order valence-corrected chi connectivity index (χ0v) is 19.6. The van der Waals surface area contributed by atoms with Gasteiger partial charge in [-0.2, -0.15) is 0 Å². The van der Waals surface area contributed by atoms with Crippen molar-refractivity contribution < 1.29 is 23.0 Å². The maximum atomic E-state index is 11.8. The standard InChI is InChI=1S/C21H46NO4P/c1-6-7-8-9-10-11-12-13-14-15-16-17-18-21(2)26-27(23,24)25-20-19-22(3,4)5/h21H,6-20H2,1-5H3. The smallest absolute Gasteiger partial charge is 0.268 e. The van der Waals surface area contributed by atoms with Crippen molar-refractivity contribution in [2.24, 2.45) is 0 Å². The Labute approximate surface area is 169 Å². The number of phosphoric ester groups is 1. The molecule has 0 bridgehead atoms. The summed E-state index contributed by atoms with van der Waals surface area (Å²) in [4.78, 5) is 11.8. The van der Waals surface area contributed by atoms with Crippen LogP contribution in [0.1, 0.15) is 97.3 Å². The number of quaternary nitrogens is 1. The molecule has 164 valence electrons. The summed E-state index contributed by atoms with van der Waals surface area (Å²) in [6.07, 6.45) is 16.1. The minimum Gasteiger partial charge on any atom is -0.756 e. The fraction of sp³-hybridized carbons (Fsp3) is 1.00. The summed E-state index contributed by atoms with van der Waals surface area (Å²) < 4.78 is 22.6. The lowest BCUT2D eigenvalue weighted by atomic mass is 10.0. The predicted octanol–water partition coefficient (Wildman–Crippen LogP) is 5.67. The van der Waals surface area contributed by atoms with Crippen molar-refractivity contribution in [1.82, 2.24) is 0 Å². The van der Waals surface area contributed by atoms with Gasteiger partial charge in [-0.05, 0) is 13.3 Å². The number of nitrogens with zero attached hydrogens (tertiary/aromatic N) is 1. The Hall–Kier alpha value is 0.0700. The van der Waals surface area contributed by atoms with E-state index in [-0.39, 0.29) is 12.7 Å². The Bertz CT molecular complexity index is 385. The SMILES string of the molecule is CCCCCCCCCCCCCCC(C)OP(=O)([O-])OCC[N+](C)(C)C. The second kappa shape index (κ2) is 15.9. The molecule has 2 unspecified atom stereocenters. The number of rotatable bonds is 19. The van der Waals surface area contributed by atoms with E-state index in [4.69, 9.17) is 9.05 Å². The largest absolute Gasteiger partial charge is 0.756 e. The molecule has 0 aliphatic rings. The zero-order chi connectivity index (χ0) is 20.6. The molecule has 0 saturated heterocycles. The summed E-state index contributed by atoms with van der Waals surface area (Å²) >= 11 is 0. The monoisotopic (exact) mass is 407 g/mol. The first kappa shape index (κ1) is 27.1. The lowest BCUT2D eigenvalue weighted by Crippen LogP contribution is -2.37. The Morgan fingerprint density at radius 3 is 1.74 bits per heavy atom. The van der Waals surface area contributed by atoms with Crippen LogP contribution in [0, 0.1) is 0 Å². The van der Waals surface area contributed by atoms with Crippen molar-refractivity contribution in [3.63, 3.8) is 0 Å². The van der Waals surface area contributed by atoms with Crippen LogP contribution in [-0.4, -0.2) is 44.9 Å². The van der Waals surface area contributed by atoms with Crippen molar-refractivity contribution in [2.45, 2.75) is 103 Å². The second-order valence-electron chi connectivity index (χ2n) is 8.89. The molecule has 0 N–H and O–H groups in total. The Morgan fingerprint density at radius 1 is 0.852 bits per heavy atom. The molecular weight excluding hydrogens is 361 g/mol. The van der Waals surface area contributed by atoms with Crippen LogP contribution in [0.4, 0.5) is 0 Å². The third-order valence-electron chi connectivity index (χ3n) is 4.78. The van der Waals surface area contributed by atoms with Crippen molar-refractivity contribution in [1.29, 1.82) is 0 Å². The normalized spacial score (nSPS) is 15.6. The van der Waals surface area contributed by atoms with Crippen molar-refractivity contribution in [3.8, 4) is 0 Å². The number of phosphoric acid groups is 1. The summed E-state index contributed by atoms with van der Waals surface area (Å²) in [6.45, 7) is 4.86. The molecule has 0 aliphatic heterocycles. The van der Waals surface area contributed by atoms with Crippen LogP contribution >= 0.6 is 7.82 Å². The lowest BCUT2D eigenvalue weighted by molar-refractivity contribution is -0.870. The highest BCUT2D eigenvalue weighted by Crippen LogP contribution is 2.40. The molecule has 5 nitrogen and oxygen atoms in total. The number of unbranched alkanes of at least 4 members (excludes halogenated alkanes) is 11. The van der Waals surface area contributed by atoms with E-state index in [0.717, 1.165) is 19.3 Å². The van der Waals surface area contributed by atoms with Gasteiger partial charge < -0.3 is 18.4 Å². The minimum absolute atomic E-state index is 0.162. The van der Waals surface area contributed by atoms with E-state index in [1.807, 2.05) is 28.1 Å². The van der Waals surface area contributed by atoms with Gasteiger partial charge in [0, 0.05) is 0 Å². The minimum atomic E-state index is -4.18. The Kier molecular flexibility index (Phi) is 16.0. The highest BCUT2D eigenvalue weighted by molar-refractivity contribution is 7.45. The molecule has 0 spiro atoms. The lowest BCUT2D eigenvalue weighted by Gasteiger charge is -2.29. The predicted molar refractivity (Wildman–Crippen MR) is 113 cm³/mol. The van der Waals surface area contributed by atoms with E-state index >= 15 is 0 Å². The molecule has 0 aromatic rings. The Balaban J connectivity index is 3.52. The molecule has 0 amide bonds. The molecule has 6 heteroatoms. The molecule has 0 rings (SSSR count). The molecule has 0 aliphatic carbocycles. The molecule has 27 heavy (non-hydrogen) atoms. The third kappa shape index (κ3) is 20.6. The highest BCUT2D eigenvalue weighted by Gasteiger charge is 2.16. The molecule has 0 saturated carbocycles. The van der Waals surface area contributed by atoms with E-state index in [9.17, 15) is 9.46 Å². The fourth-order valence-electron chi connectivity index (χ4n) is 3.00. The van der Waals surface area contributed by atoms with E-state index < -0.39 is 7.82 Å². The molecule has 0 radical (unpaired) electrons. The van der Waals surface area contributed by atoms with Crippen molar-refractivity contribution in [3.05, 3.63) is 0 Å². The van der Waals surface area contributed by atoms with Gasteiger partial charge in [0.1, 0.15) is 13.2 Å². The van der Waals surface area contributed by atoms with E-state index in [1.165, 1.54) is 64.2 Å². The highest BCUT2D eigenvalue weighted by atomic mass is 31.2. The third-order valence-corrected chi connectivity index (χ3v) is 5.90. The van der Waals surface area contributed by atoms with Crippen LogP contribution < -0.4 is 4.89 Å². The van der Waals surface area contributed by atoms with Gasteiger partial charge in [0.05, 0.1) is 27.2 Å². The van der Waals surface area contributed by atoms with Crippen LogP contribution in [0.2, 0.25) is 0 Å². The van der Waals surface area contributed by atoms with Crippen LogP contribution in [0.25, 0.3) is 0 Å². The van der Waals surface area contributed by atoms with Gasteiger partial charge >= 0.3 is 0 Å². The van der Waals surface area contributed by atoms with E-state index in [2.05, 4.69) is 6.92 Å². The average Bonchev–Trinajstić information content (AvgIpc) is 2.54. The second-order valence-corrected chi connectivity index (χ2v) is 10.3. The van der Waals surface area contributed by atoms with Gasteiger partial charge in [-0.1, -0.05) is 84.0 Å². The number of hydrogen-bond donors (Lipinski definition) is 0. The zero-order valence-electron chi connectivity index (χ0n) is 18.7. The average molecular weight is 408 g/mol. The summed E-state index contributed by atoms with van der Waals surface area (Å²) in [7, 11) is 1.81. The van der Waals surface area contributed by atoms with Gasteiger partial charge in [-0.25, -0.2) is 0 Å². The van der Waals surface area contributed by atoms with Crippen molar-refractivity contribution in [2.75, 3.05) is 34.3 Å². The van der Waals surface area contributed by atoms with Crippen LogP contribution in [0.3, 0.4) is 0 Å². The molecule has 0 fully saturated rings. The first-order chi connectivity index (χ1) is 12.7. The quantitative estimate of drug-likeness (QED) is 0.157. The first-order valence-electron chi connectivity index (χ1n) is 11.1. The summed E-state index contributed by atoms with van der Waals surface area (Å²) in [5.74, 6) is 0. The molecule has 0 aromatic heterocycles. The number of hydrogen-bond acceptors (Lipinski definition) is 4. The first-order valence-corrected chi connectivity index (χ1v) is 12.6. The molecule has 0 heterocycles. The van der Waals surface area contributed by atoms with Gasteiger partial charge in [0.2, 0.25) is 0 Å². The van der Waals surface area contributed by atoms with Gasteiger partial charge in [-0.3, -0.25) is 4.57 Å². The summed E-state index contributed by atoms with van der Waals surface area (Å²) in [6, 6.07) is 0. The topological polar surface area (TPSA) is 58.6 Å². The Morgan fingerprint density at radius 2 is 1.30 bits per heavy atom. The van der Waals surface area contributed by atoms with Crippen LogP contribution in [0.5, 0.6) is 0 Å². The van der Waals surface area contributed by atoms with Crippen molar-refractivity contribution >= 4 is 7.82 Å². The molecular formula is C21H46NO4P. The maximum Gasteiger partial charge on any atom is 0.268 e. The summed E-state index contributed by atoms with van der Waals surface area (Å²) in [5, 5.41) is 0. The van der Waals surface area contributed by atoms with E-state index in [1.54, 1.807) is 0 Å². The molecule has 2 atom stereocenters. The van der Waals surface area contributed by atoms with Crippen LogP contribution in [-0.2, 0) is 13.6 Å². The van der Waals surface area contributed by atoms with Crippen LogP contribution in [0.15, 0.2) is 0 Å². The molecule has 0 aromatic carbocycles. The van der Waals surface area contributed by atoms with E-state index in [0.29, 0.717) is 11.0 Å². The summed E-state index contributed by atoms with van der Waals surface area (Å²) in [5.41, 5.74) is 0. The van der Waals surface area contributed by atoms with Gasteiger partial charge in [0.25, 0.3) is 7.82 Å².